The summed E-state index contributed by atoms with van der Waals surface area (Å²) in [5.41, 5.74) is 1.29. The minimum absolute atomic E-state index is 0.0857. The largest absolute Gasteiger partial charge is 0.495 e. The van der Waals surface area contributed by atoms with Crippen LogP contribution < -0.4 is 4.74 Å². The Morgan fingerprint density at radius 1 is 1.50 bits per heavy atom. The molecule has 1 aromatic rings. The van der Waals surface area contributed by atoms with Gasteiger partial charge in [0.15, 0.2) is 0 Å². The van der Waals surface area contributed by atoms with Crippen LogP contribution in [0.3, 0.4) is 0 Å². The van der Waals surface area contributed by atoms with E-state index in [9.17, 15) is 4.79 Å². The highest BCUT2D eigenvalue weighted by atomic mass is 16.5. The fraction of sp³-hybridized carbons (Fsp3) is 0.250. The third-order valence-electron chi connectivity index (χ3n) is 1.91. The minimum atomic E-state index is -0.968. The molecule has 0 heterocycles. The van der Waals surface area contributed by atoms with Crippen LogP contribution in [-0.4, -0.2) is 23.3 Å². The standard InChI is InChI=1S/C12H12O4/c1-16-11-6-5-9(8-13)7-10(11)3-2-4-12(14)15/h5-7,13H,4,8H2,1H3,(H,14,15). The second-order valence-corrected chi connectivity index (χ2v) is 3.07. The summed E-state index contributed by atoms with van der Waals surface area (Å²) in [4.78, 5) is 10.3. The molecule has 0 saturated heterocycles. The zero-order valence-electron chi connectivity index (χ0n) is 8.86. The second-order valence-electron chi connectivity index (χ2n) is 3.07. The van der Waals surface area contributed by atoms with Gasteiger partial charge in [0.25, 0.3) is 0 Å². The van der Waals surface area contributed by atoms with Gasteiger partial charge >= 0.3 is 5.97 Å². The van der Waals surface area contributed by atoms with Crippen molar-refractivity contribution >= 4 is 5.97 Å². The lowest BCUT2D eigenvalue weighted by atomic mass is 10.1. The van der Waals surface area contributed by atoms with Gasteiger partial charge in [0.05, 0.1) is 19.3 Å². The molecule has 0 atom stereocenters. The van der Waals surface area contributed by atoms with Gasteiger partial charge in [-0.3, -0.25) is 4.79 Å². The molecule has 1 aromatic carbocycles. The lowest BCUT2D eigenvalue weighted by Crippen LogP contribution is -1.93. The summed E-state index contributed by atoms with van der Waals surface area (Å²) < 4.78 is 5.07. The molecule has 16 heavy (non-hydrogen) atoms. The average Bonchev–Trinajstić information content (AvgIpc) is 2.28. The molecule has 0 aliphatic rings. The molecule has 1 rings (SSSR count). The molecule has 0 spiro atoms. The number of methoxy groups -OCH3 is 1. The second kappa shape index (κ2) is 5.79. The highest BCUT2D eigenvalue weighted by Gasteiger charge is 2.01. The maximum absolute atomic E-state index is 10.3. The number of hydrogen-bond acceptors (Lipinski definition) is 3. The van der Waals surface area contributed by atoms with Crippen LogP contribution in [0.4, 0.5) is 0 Å². The molecule has 4 heteroatoms. The zero-order chi connectivity index (χ0) is 12.0. The number of rotatable bonds is 3. The Bertz CT molecular complexity index is 440. The number of hydrogen-bond donors (Lipinski definition) is 2. The first-order chi connectivity index (χ1) is 7.67. The van der Waals surface area contributed by atoms with Gasteiger partial charge in [0.2, 0.25) is 0 Å². The molecule has 0 aliphatic carbocycles. The van der Waals surface area contributed by atoms with Crippen LogP contribution in [-0.2, 0) is 11.4 Å². The van der Waals surface area contributed by atoms with Crippen LogP contribution in [0.15, 0.2) is 18.2 Å². The van der Waals surface area contributed by atoms with Crippen LogP contribution >= 0.6 is 0 Å². The van der Waals surface area contributed by atoms with Crippen molar-refractivity contribution in [3.63, 3.8) is 0 Å². The Kier molecular flexibility index (Phi) is 4.37. The Morgan fingerprint density at radius 3 is 2.81 bits per heavy atom. The number of carboxylic acid groups (broad SMARTS) is 1. The summed E-state index contributed by atoms with van der Waals surface area (Å²) in [6, 6.07) is 5.09. The number of aliphatic hydroxyl groups excluding tert-OH is 1. The molecule has 0 amide bonds. The zero-order valence-corrected chi connectivity index (χ0v) is 8.86. The predicted octanol–water partition coefficient (Wildman–Crippen LogP) is 1.01. The molecule has 2 N–H and O–H groups in total. The maximum atomic E-state index is 10.3. The number of ether oxygens (including phenoxy) is 1. The van der Waals surface area contributed by atoms with Gasteiger partial charge in [0.1, 0.15) is 12.2 Å². The first-order valence-electron chi connectivity index (χ1n) is 4.66. The van der Waals surface area contributed by atoms with Gasteiger partial charge in [-0.05, 0) is 17.7 Å². The van der Waals surface area contributed by atoms with Crippen molar-refractivity contribution in [3.8, 4) is 17.6 Å². The van der Waals surface area contributed by atoms with E-state index in [2.05, 4.69) is 11.8 Å². The molecule has 84 valence electrons. The van der Waals surface area contributed by atoms with Crippen molar-refractivity contribution in [2.45, 2.75) is 13.0 Å². The molecular weight excluding hydrogens is 208 g/mol. The average molecular weight is 220 g/mol. The lowest BCUT2D eigenvalue weighted by Gasteiger charge is -2.04. The molecule has 0 bridgehead atoms. The van der Waals surface area contributed by atoms with Crippen molar-refractivity contribution in [1.29, 1.82) is 0 Å². The van der Waals surface area contributed by atoms with E-state index in [1.54, 1.807) is 18.2 Å². The van der Waals surface area contributed by atoms with Crippen LogP contribution in [0.2, 0.25) is 0 Å². The van der Waals surface area contributed by atoms with E-state index in [4.69, 9.17) is 14.9 Å². The van der Waals surface area contributed by atoms with Crippen LogP contribution in [0, 0.1) is 11.8 Å². The van der Waals surface area contributed by atoms with Crippen LogP contribution in [0.5, 0.6) is 5.75 Å². The van der Waals surface area contributed by atoms with Crippen LogP contribution in [0.1, 0.15) is 17.5 Å². The Hall–Kier alpha value is -1.99. The number of aliphatic hydroxyl groups is 1. The monoisotopic (exact) mass is 220 g/mol. The smallest absolute Gasteiger partial charge is 0.315 e. The molecule has 0 radical (unpaired) electrons. The van der Waals surface area contributed by atoms with Crippen molar-refractivity contribution in [2.24, 2.45) is 0 Å². The molecule has 0 unspecified atom stereocenters. The van der Waals surface area contributed by atoms with E-state index in [1.807, 2.05) is 0 Å². The van der Waals surface area contributed by atoms with E-state index in [-0.39, 0.29) is 13.0 Å². The summed E-state index contributed by atoms with van der Waals surface area (Å²) in [5.74, 6) is 4.82. The summed E-state index contributed by atoms with van der Waals surface area (Å²) in [5, 5.41) is 17.4. The Balaban J connectivity index is 2.98. The van der Waals surface area contributed by atoms with E-state index in [0.29, 0.717) is 16.9 Å². The molecule has 0 fully saturated rings. The summed E-state index contributed by atoms with van der Waals surface area (Å²) in [6.45, 7) is -0.0857. The lowest BCUT2D eigenvalue weighted by molar-refractivity contribution is -0.135. The summed E-state index contributed by atoms with van der Waals surface area (Å²) in [7, 11) is 1.51. The normalized spacial score (nSPS) is 9.12. The highest BCUT2D eigenvalue weighted by molar-refractivity contribution is 5.70. The number of carboxylic acids is 1. The van der Waals surface area contributed by atoms with Gasteiger partial charge < -0.3 is 14.9 Å². The van der Waals surface area contributed by atoms with Gasteiger partial charge in [-0.2, -0.15) is 0 Å². The van der Waals surface area contributed by atoms with Crippen molar-refractivity contribution < 1.29 is 19.7 Å². The van der Waals surface area contributed by atoms with Crippen molar-refractivity contribution in [3.05, 3.63) is 29.3 Å². The first kappa shape index (κ1) is 12.1. The third kappa shape index (κ3) is 3.30. The number of carbonyl (C=O) groups is 1. The number of benzene rings is 1. The Labute approximate surface area is 93.5 Å². The number of aliphatic carboxylic acids is 1. The molecule has 0 aromatic heterocycles. The van der Waals surface area contributed by atoms with Gasteiger partial charge in [0, 0.05) is 0 Å². The van der Waals surface area contributed by atoms with E-state index in [1.165, 1.54) is 7.11 Å². The van der Waals surface area contributed by atoms with E-state index in [0.717, 1.165) is 0 Å². The first-order valence-corrected chi connectivity index (χ1v) is 4.66. The van der Waals surface area contributed by atoms with E-state index >= 15 is 0 Å². The minimum Gasteiger partial charge on any atom is -0.495 e. The predicted molar refractivity (Wildman–Crippen MR) is 58.0 cm³/mol. The molecule has 4 nitrogen and oxygen atoms in total. The van der Waals surface area contributed by atoms with E-state index < -0.39 is 5.97 Å². The van der Waals surface area contributed by atoms with Gasteiger partial charge in [-0.1, -0.05) is 17.9 Å². The molecule has 0 saturated carbocycles. The fourth-order valence-electron chi connectivity index (χ4n) is 1.17. The quantitative estimate of drug-likeness (QED) is 0.746. The third-order valence-corrected chi connectivity index (χ3v) is 1.91. The molecule has 0 aliphatic heterocycles. The topological polar surface area (TPSA) is 66.8 Å². The SMILES string of the molecule is COc1ccc(CO)cc1C#CCC(=O)O. The summed E-state index contributed by atoms with van der Waals surface area (Å²) in [6.07, 6.45) is -0.216. The summed E-state index contributed by atoms with van der Waals surface area (Å²) >= 11 is 0. The molecular formula is C12H12O4. The van der Waals surface area contributed by atoms with Gasteiger partial charge in [-0.25, -0.2) is 0 Å². The van der Waals surface area contributed by atoms with Crippen molar-refractivity contribution in [1.82, 2.24) is 0 Å². The van der Waals surface area contributed by atoms with Crippen molar-refractivity contribution in [2.75, 3.05) is 7.11 Å². The van der Waals surface area contributed by atoms with Crippen LogP contribution in [0.25, 0.3) is 0 Å². The Morgan fingerprint density at radius 2 is 2.25 bits per heavy atom. The van der Waals surface area contributed by atoms with Gasteiger partial charge in [-0.15, -0.1) is 0 Å². The fourth-order valence-corrected chi connectivity index (χ4v) is 1.17. The highest BCUT2D eigenvalue weighted by Crippen LogP contribution is 2.18. The maximum Gasteiger partial charge on any atom is 0.315 e.